The van der Waals surface area contributed by atoms with Gasteiger partial charge in [-0.2, -0.15) is 0 Å². The van der Waals surface area contributed by atoms with Gasteiger partial charge < -0.3 is 5.11 Å². The molecule has 4 nitrogen and oxygen atoms in total. The van der Waals surface area contributed by atoms with Crippen LogP contribution in [0.1, 0.15) is 11.8 Å². The van der Waals surface area contributed by atoms with Gasteiger partial charge in [0.1, 0.15) is 10.0 Å². The molecule has 1 N–H and O–H groups in total. The van der Waals surface area contributed by atoms with Gasteiger partial charge in [-0.15, -0.1) is 11.3 Å². The minimum absolute atomic E-state index is 0.0264. The van der Waals surface area contributed by atoms with E-state index in [1.165, 1.54) is 28.6 Å². The molecule has 0 radical (unpaired) electrons. The van der Waals surface area contributed by atoms with Crippen molar-refractivity contribution in [2.45, 2.75) is 17.6 Å². The van der Waals surface area contributed by atoms with Crippen molar-refractivity contribution in [3.05, 3.63) is 47.1 Å². The molecule has 0 aliphatic heterocycles. The molecule has 0 aliphatic rings. The summed E-state index contributed by atoms with van der Waals surface area (Å²) in [5.41, 5.74) is 0.301. The van der Waals surface area contributed by atoms with Crippen LogP contribution in [-0.4, -0.2) is 26.7 Å². The Hall–Kier alpha value is -1.44. The fourth-order valence-electron chi connectivity index (χ4n) is 1.97. The van der Waals surface area contributed by atoms with Crippen LogP contribution in [0.2, 0.25) is 0 Å². The molecule has 0 spiro atoms. The lowest BCUT2D eigenvalue weighted by Crippen LogP contribution is -2.30. The first-order valence-electron chi connectivity index (χ1n) is 6.47. The zero-order valence-electron chi connectivity index (χ0n) is 11.5. The van der Waals surface area contributed by atoms with Gasteiger partial charge in [0, 0.05) is 24.4 Å². The maximum Gasteiger partial charge on any atom is 0.273 e. The van der Waals surface area contributed by atoms with E-state index >= 15 is 0 Å². The molecule has 2 aromatic rings. The molecule has 0 aliphatic carbocycles. The van der Waals surface area contributed by atoms with Crippen LogP contribution >= 0.6 is 11.3 Å². The molecule has 0 fully saturated rings. The van der Waals surface area contributed by atoms with Crippen LogP contribution in [-0.2, 0) is 16.4 Å². The fraction of sp³-hybridized carbons (Fsp3) is 0.286. The first kappa shape index (κ1) is 15.9. The molecule has 0 unspecified atom stereocenters. The van der Waals surface area contributed by atoms with Gasteiger partial charge in [0.2, 0.25) is 0 Å². The van der Waals surface area contributed by atoms with E-state index in [1.54, 1.807) is 19.1 Å². The summed E-state index contributed by atoms with van der Waals surface area (Å²) < 4.78 is 40.0. The van der Waals surface area contributed by atoms with E-state index in [2.05, 4.69) is 0 Å². The topological polar surface area (TPSA) is 57.6 Å². The predicted molar refractivity (Wildman–Crippen MR) is 81.7 cm³/mol. The van der Waals surface area contributed by atoms with Crippen molar-refractivity contribution in [3.8, 4) is 0 Å². The Bertz CT molecular complexity index is 713. The first-order valence-corrected chi connectivity index (χ1v) is 8.72. The largest absolute Gasteiger partial charge is 0.396 e. The van der Waals surface area contributed by atoms with E-state index in [0.29, 0.717) is 12.1 Å². The second-order valence-electron chi connectivity index (χ2n) is 4.34. The van der Waals surface area contributed by atoms with Crippen molar-refractivity contribution >= 4 is 27.0 Å². The number of hydrogen-bond donors (Lipinski definition) is 1. The number of thiophene rings is 1. The fourth-order valence-corrected chi connectivity index (χ4v) is 4.90. The van der Waals surface area contributed by atoms with E-state index in [9.17, 15) is 12.8 Å². The molecular weight excluding hydrogens is 313 g/mol. The Kier molecular flexibility index (Phi) is 4.97. The van der Waals surface area contributed by atoms with Crippen LogP contribution in [0.25, 0.3) is 0 Å². The number of halogens is 1. The van der Waals surface area contributed by atoms with Crippen LogP contribution in [0.15, 0.2) is 40.6 Å². The quantitative estimate of drug-likeness (QED) is 0.886. The average Bonchev–Trinajstić information content (AvgIpc) is 2.89. The van der Waals surface area contributed by atoms with Crippen LogP contribution in [0.3, 0.4) is 0 Å². The second-order valence-corrected chi connectivity index (χ2v) is 7.60. The molecule has 7 heteroatoms. The maximum atomic E-state index is 13.3. The Labute approximate surface area is 127 Å². The van der Waals surface area contributed by atoms with Crippen molar-refractivity contribution < 1.29 is 17.9 Å². The van der Waals surface area contributed by atoms with Crippen LogP contribution in [0.4, 0.5) is 10.1 Å². The Balaban J connectivity index is 2.39. The van der Waals surface area contributed by atoms with Crippen molar-refractivity contribution in [3.63, 3.8) is 0 Å². The molecule has 114 valence electrons. The number of benzene rings is 1. The second kappa shape index (κ2) is 6.55. The van der Waals surface area contributed by atoms with E-state index in [0.717, 1.165) is 16.2 Å². The normalized spacial score (nSPS) is 11.6. The summed E-state index contributed by atoms with van der Waals surface area (Å²) in [6.45, 7) is 1.88. The number of anilines is 1. The molecule has 1 aromatic heterocycles. The number of nitrogens with zero attached hydrogens (tertiary/aromatic N) is 1. The minimum Gasteiger partial charge on any atom is -0.396 e. The zero-order valence-corrected chi connectivity index (χ0v) is 13.1. The van der Waals surface area contributed by atoms with Crippen LogP contribution in [0, 0.1) is 5.82 Å². The van der Waals surface area contributed by atoms with Gasteiger partial charge >= 0.3 is 0 Å². The minimum atomic E-state index is -3.71. The van der Waals surface area contributed by atoms with Gasteiger partial charge in [0.05, 0.1) is 5.69 Å². The number of hydrogen-bond acceptors (Lipinski definition) is 4. The third-order valence-electron chi connectivity index (χ3n) is 2.92. The molecule has 2 rings (SSSR count). The highest BCUT2D eigenvalue weighted by molar-refractivity contribution is 7.94. The highest BCUT2D eigenvalue weighted by atomic mass is 32.2. The highest BCUT2D eigenvalue weighted by Crippen LogP contribution is 2.29. The summed E-state index contributed by atoms with van der Waals surface area (Å²) in [6, 6.07) is 8.72. The number of aliphatic hydroxyl groups is 1. The van der Waals surface area contributed by atoms with E-state index in [1.807, 2.05) is 0 Å². The number of rotatable bonds is 6. The van der Waals surface area contributed by atoms with Gasteiger partial charge in [-0.3, -0.25) is 4.31 Å². The summed E-state index contributed by atoms with van der Waals surface area (Å²) in [4.78, 5) is 0.798. The van der Waals surface area contributed by atoms with Gasteiger partial charge in [-0.1, -0.05) is 6.07 Å². The monoisotopic (exact) mass is 329 g/mol. The van der Waals surface area contributed by atoms with Crippen molar-refractivity contribution in [1.82, 2.24) is 0 Å². The molecular formula is C14H16FNO3S2. The Morgan fingerprint density at radius 2 is 2.05 bits per heavy atom. The summed E-state index contributed by atoms with van der Waals surface area (Å²) in [5, 5.41) is 8.90. The lowest BCUT2D eigenvalue weighted by Gasteiger charge is -2.22. The van der Waals surface area contributed by atoms with Crippen molar-refractivity contribution in [1.29, 1.82) is 0 Å². The maximum absolute atomic E-state index is 13.3. The summed E-state index contributed by atoms with van der Waals surface area (Å²) in [6.07, 6.45) is 0.423. The molecule has 0 bridgehead atoms. The average molecular weight is 329 g/mol. The molecule has 0 atom stereocenters. The predicted octanol–water partition coefficient (Wildman–Crippen LogP) is 2.64. The van der Waals surface area contributed by atoms with E-state index in [-0.39, 0.29) is 17.4 Å². The Morgan fingerprint density at radius 1 is 1.29 bits per heavy atom. The summed E-state index contributed by atoms with van der Waals surface area (Å²) >= 11 is 1.12. The zero-order chi connectivity index (χ0) is 15.5. The standard InChI is InChI=1S/C14H16FNO3S2/c1-2-16(12-5-3-4-11(15)10-12)21(18,19)14-7-6-13(20-14)8-9-17/h3-7,10,17H,2,8-9H2,1H3. The SMILES string of the molecule is CCN(c1cccc(F)c1)S(=O)(=O)c1ccc(CCO)s1. The third kappa shape index (κ3) is 3.42. The molecule has 1 heterocycles. The van der Waals surface area contributed by atoms with E-state index in [4.69, 9.17) is 5.11 Å². The lowest BCUT2D eigenvalue weighted by molar-refractivity contribution is 0.300. The van der Waals surface area contributed by atoms with Gasteiger partial charge in [0.25, 0.3) is 10.0 Å². The first-order chi connectivity index (χ1) is 9.98. The molecule has 0 saturated carbocycles. The van der Waals surface area contributed by atoms with Crippen molar-refractivity contribution in [2.24, 2.45) is 0 Å². The summed E-state index contributed by atoms with van der Waals surface area (Å²) in [5.74, 6) is -0.478. The summed E-state index contributed by atoms with van der Waals surface area (Å²) in [7, 11) is -3.71. The van der Waals surface area contributed by atoms with Gasteiger partial charge in [-0.05, 0) is 37.3 Å². The van der Waals surface area contributed by atoms with Crippen molar-refractivity contribution in [2.75, 3.05) is 17.5 Å². The third-order valence-corrected chi connectivity index (χ3v) is 6.44. The van der Waals surface area contributed by atoms with Crippen LogP contribution < -0.4 is 4.31 Å². The number of sulfonamides is 1. The lowest BCUT2D eigenvalue weighted by atomic mass is 10.3. The Morgan fingerprint density at radius 3 is 2.67 bits per heavy atom. The van der Waals surface area contributed by atoms with Crippen LogP contribution in [0.5, 0.6) is 0 Å². The number of aliphatic hydroxyl groups excluding tert-OH is 1. The van der Waals surface area contributed by atoms with Gasteiger partial charge in [0.15, 0.2) is 0 Å². The molecule has 1 aromatic carbocycles. The molecule has 0 amide bonds. The molecule has 21 heavy (non-hydrogen) atoms. The van der Waals surface area contributed by atoms with Gasteiger partial charge in [-0.25, -0.2) is 12.8 Å². The van der Waals surface area contributed by atoms with E-state index < -0.39 is 15.8 Å². The molecule has 0 saturated heterocycles. The smallest absolute Gasteiger partial charge is 0.273 e. The highest BCUT2D eigenvalue weighted by Gasteiger charge is 2.25.